The summed E-state index contributed by atoms with van der Waals surface area (Å²) in [6.45, 7) is 8.87. The number of amides is 2. The monoisotopic (exact) mass is 346 g/mol. The molecule has 3 aliphatic heterocycles. The van der Waals surface area contributed by atoms with E-state index in [0.717, 1.165) is 25.5 Å². The highest BCUT2D eigenvalue weighted by atomic mass is 16.7. The van der Waals surface area contributed by atoms with E-state index in [9.17, 15) is 4.79 Å². The molecule has 2 bridgehead atoms. The highest BCUT2D eigenvalue weighted by molar-refractivity contribution is 5.93. The molecule has 4 aliphatic rings. The number of fused-ring (bicyclic) bond motifs is 3. The smallest absolute Gasteiger partial charge is 0.344 e. The minimum atomic E-state index is 0.00259. The quantitative estimate of drug-likeness (QED) is 0.796. The second-order valence-corrected chi connectivity index (χ2v) is 7.88. The molecule has 3 heterocycles. The molecule has 6 heteroatoms. The molecule has 3 unspecified atom stereocenters. The van der Waals surface area contributed by atoms with Gasteiger partial charge in [0, 0.05) is 13.1 Å². The van der Waals surface area contributed by atoms with Crippen molar-refractivity contribution < 1.29 is 9.63 Å². The second-order valence-electron chi connectivity index (χ2n) is 7.88. The fraction of sp³-hybridized carbons (Fsp3) is 0.789. The molecule has 2 amide bonds. The largest absolute Gasteiger partial charge is 0.370 e. The normalized spacial score (nSPS) is 37.9. The second kappa shape index (κ2) is 6.98. The van der Waals surface area contributed by atoms with Crippen LogP contribution in [-0.4, -0.2) is 60.2 Å². The first-order chi connectivity index (χ1) is 12.2. The fourth-order valence-corrected chi connectivity index (χ4v) is 5.41. The van der Waals surface area contributed by atoms with Crippen molar-refractivity contribution in [2.24, 2.45) is 22.7 Å². The van der Waals surface area contributed by atoms with Crippen molar-refractivity contribution in [2.45, 2.75) is 51.1 Å². The van der Waals surface area contributed by atoms with E-state index in [1.54, 1.807) is 11.1 Å². The van der Waals surface area contributed by atoms with Crippen LogP contribution >= 0.6 is 0 Å². The Kier molecular flexibility index (Phi) is 4.71. The first-order valence-corrected chi connectivity index (χ1v) is 9.84. The lowest BCUT2D eigenvalue weighted by molar-refractivity contribution is -0.136. The minimum absolute atomic E-state index is 0.00259. The molecule has 0 aromatic heterocycles. The summed E-state index contributed by atoms with van der Waals surface area (Å²) in [5.41, 5.74) is 0. The van der Waals surface area contributed by atoms with Crippen LogP contribution in [0, 0.1) is 17.8 Å². The topological polar surface area (TPSA) is 57.2 Å². The summed E-state index contributed by atoms with van der Waals surface area (Å²) in [6.07, 6.45) is 8.03. The lowest BCUT2D eigenvalue weighted by atomic mass is 9.73. The summed E-state index contributed by atoms with van der Waals surface area (Å²) >= 11 is 0. The van der Waals surface area contributed by atoms with Crippen LogP contribution in [0.1, 0.15) is 39.0 Å². The Hall–Kier alpha value is -1.56. The van der Waals surface area contributed by atoms with E-state index in [-0.39, 0.29) is 18.1 Å². The van der Waals surface area contributed by atoms with Gasteiger partial charge in [-0.15, -0.1) is 6.58 Å². The number of hydrogen-bond donors (Lipinski definition) is 1. The summed E-state index contributed by atoms with van der Waals surface area (Å²) in [5, 5.41) is 5.10. The molecule has 5 atom stereocenters. The number of carbonyl (C=O) groups excluding carboxylic acids is 1. The molecule has 1 saturated carbocycles. The molecule has 138 valence electrons. The molecule has 0 spiro atoms. The Balaban J connectivity index is 1.71. The Labute approximate surface area is 150 Å². The lowest BCUT2D eigenvalue weighted by Gasteiger charge is -2.41. The maximum atomic E-state index is 13.1. The number of nitrogens with one attached hydrogen (secondary N) is 1. The standard InChI is InChI=1S/C19H30N4O2/c1-3-11-25-23-16-12-22(19(23)24)17(18-20-9-10-21-18)15-8-6-4-5-7-14(15)13(16)2/h3,13-17H,1,4-12H2,2H3,(H,20,21)/t13-,14?,15?,16?,17-/m0/s1. The number of rotatable bonds is 4. The van der Waals surface area contributed by atoms with Crippen molar-refractivity contribution in [3.8, 4) is 0 Å². The average molecular weight is 346 g/mol. The molecule has 4 rings (SSSR count). The summed E-state index contributed by atoms with van der Waals surface area (Å²) in [5.74, 6) is 2.60. The number of urea groups is 1. The van der Waals surface area contributed by atoms with E-state index in [1.165, 1.54) is 32.1 Å². The van der Waals surface area contributed by atoms with Gasteiger partial charge in [0.25, 0.3) is 0 Å². The van der Waals surface area contributed by atoms with Crippen molar-refractivity contribution in [1.82, 2.24) is 15.3 Å². The predicted molar refractivity (Wildman–Crippen MR) is 97.2 cm³/mol. The van der Waals surface area contributed by atoms with Gasteiger partial charge in [0.1, 0.15) is 5.84 Å². The van der Waals surface area contributed by atoms with Crippen LogP contribution in [-0.2, 0) is 4.84 Å². The third-order valence-corrected chi connectivity index (χ3v) is 6.58. The fourth-order valence-electron chi connectivity index (χ4n) is 5.41. The van der Waals surface area contributed by atoms with E-state index in [2.05, 4.69) is 18.8 Å². The SMILES string of the molecule is C=CCON1C(=O)N2CC1[C@@H](C)C1CCCCCC1[C@H]2C1=NCCN1. The summed E-state index contributed by atoms with van der Waals surface area (Å²) in [6, 6.07) is 0.218. The van der Waals surface area contributed by atoms with E-state index >= 15 is 0 Å². The Bertz CT molecular complexity index is 564. The molecule has 0 aromatic rings. The van der Waals surface area contributed by atoms with Crippen molar-refractivity contribution in [3.63, 3.8) is 0 Å². The zero-order chi connectivity index (χ0) is 17.4. The van der Waals surface area contributed by atoms with E-state index in [1.807, 2.05) is 4.90 Å². The average Bonchev–Trinajstić information content (AvgIpc) is 3.13. The zero-order valence-corrected chi connectivity index (χ0v) is 15.2. The predicted octanol–water partition coefficient (Wildman–Crippen LogP) is 2.43. The van der Waals surface area contributed by atoms with Gasteiger partial charge in [0.2, 0.25) is 0 Å². The van der Waals surface area contributed by atoms with Gasteiger partial charge in [-0.1, -0.05) is 32.3 Å². The van der Waals surface area contributed by atoms with Crippen LogP contribution in [0.2, 0.25) is 0 Å². The van der Waals surface area contributed by atoms with Crippen molar-refractivity contribution >= 4 is 11.9 Å². The summed E-state index contributed by atoms with van der Waals surface area (Å²) in [7, 11) is 0. The summed E-state index contributed by atoms with van der Waals surface area (Å²) < 4.78 is 0. The Morgan fingerprint density at radius 3 is 2.84 bits per heavy atom. The number of aliphatic imine (C=N–C) groups is 1. The number of hydroxylamine groups is 2. The highest BCUT2D eigenvalue weighted by Gasteiger charge is 2.54. The van der Waals surface area contributed by atoms with Crippen LogP contribution in [0.3, 0.4) is 0 Å². The molecule has 1 aliphatic carbocycles. The molecule has 0 aromatic carbocycles. The van der Waals surface area contributed by atoms with Crippen LogP contribution in [0.4, 0.5) is 4.79 Å². The van der Waals surface area contributed by atoms with Crippen LogP contribution in [0.25, 0.3) is 0 Å². The van der Waals surface area contributed by atoms with Gasteiger partial charge in [-0.25, -0.2) is 4.79 Å². The van der Waals surface area contributed by atoms with Crippen molar-refractivity contribution in [1.29, 1.82) is 0 Å². The van der Waals surface area contributed by atoms with Gasteiger partial charge < -0.3 is 10.2 Å². The van der Waals surface area contributed by atoms with Gasteiger partial charge in [0.15, 0.2) is 0 Å². The number of amidine groups is 1. The van der Waals surface area contributed by atoms with E-state index < -0.39 is 0 Å². The third-order valence-electron chi connectivity index (χ3n) is 6.58. The van der Waals surface area contributed by atoms with Gasteiger partial charge >= 0.3 is 6.03 Å². The van der Waals surface area contributed by atoms with Crippen molar-refractivity contribution in [2.75, 3.05) is 26.2 Å². The number of nitrogens with zero attached hydrogens (tertiary/aromatic N) is 3. The van der Waals surface area contributed by atoms with E-state index in [4.69, 9.17) is 9.83 Å². The molecule has 0 radical (unpaired) electrons. The van der Waals surface area contributed by atoms with Gasteiger partial charge in [-0.3, -0.25) is 9.83 Å². The first-order valence-electron chi connectivity index (χ1n) is 9.84. The molecule has 2 saturated heterocycles. The molecule has 1 N–H and O–H groups in total. The van der Waals surface area contributed by atoms with E-state index in [0.29, 0.717) is 24.4 Å². The van der Waals surface area contributed by atoms with Gasteiger partial charge in [-0.05, 0) is 30.6 Å². The van der Waals surface area contributed by atoms with Crippen LogP contribution < -0.4 is 5.32 Å². The molecular weight excluding hydrogens is 316 g/mol. The molecular formula is C19H30N4O2. The number of carbonyl (C=O) groups is 1. The summed E-state index contributed by atoms with van der Waals surface area (Å²) in [4.78, 5) is 25.7. The molecule has 25 heavy (non-hydrogen) atoms. The maximum absolute atomic E-state index is 13.1. The third kappa shape index (κ3) is 2.84. The lowest BCUT2D eigenvalue weighted by Crippen LogP contribution is -2.54. The first kappa shape index (κ1) is 16.9. The Morgan fingerprint density at radius 2 is 2.12 bits per heavy atom. The zero-order valence-electron chi connectivity index (χ0n) is 15.2. The van der Waals surface area contributed by atoms with Gasteiger partial charge in [0.05, 0.1) is 25.2 Å². The highest BCUT2D eigenvalue weighted by Crippen LogP contribution is 2.45. The van der Waals surface area contributed by atoms with Gasteiger partial charge in [-0.2, -0.15) is 5.06 Å². The maximum Gasteiger partial charge on any atom is 0.344 e. The number of hydrogen-bond acceptors (Lipinski definition) is 4. The molecule has 3 fully saturated rings. The van der Waals surface area contributed by atoms with Crippen LogP contribution in [0.15, 0.2) is 17.6 Å². The van der Waals surface area contributed by atoms with Crippen molar-refractivity contribution in [3.05, 3.63) is 12.7 Å². The molecule has 6 nitrogen and oxygen atoms in total. The Morgan fingerprint density at radius 1 is 1.32 bits per heavy atom. The minimum Gasteiger partial charge on any atom is -0.370 e. The van der Waals surface area contributed by atoms with Crippen LogP contribution in [0.5, 0.6) is 0 Å².